The topological polar surface area (TPSA) is 0 Å². The van der Waals surface area contributed by atoms with E-state index in [0.29, 0.717) is 0 Å². The summed E-state index contributed by atoms with van der Waals surface area (Å²) < 4.78 is 33.1. The van der Waals surface area contributed by atoms with Gasteiger partial charge in [0.05, 0.1) is 0 Å². The molecule has 0 bridgehead atoms. The molecule has 0 aliphatic carbocycles. The summed E-state index contributed by atoms with van der Waals surface area (Å²) in [6.45, 7) is 0. The fourth-order valence-electron chi connectivity index (χ4n) is 0.143. The van der Waals surface area contributed by atoms with Gasteiger partial charge in [0.1, 0.15) is 0 Å². The number of hydrogen-bond donors (Lipinski definition) is 0. The molecule has 3 atom stereocenters. The standard InChI is InChI=1S/C3H2Br2ClF3/c4-2(8)1(7)3(5,6)9/h1-2H. The maximum absolute atomic E-state index is 12.1. The Morgan fingerprint density at radius 1 is 1.44 bits per heavy atom. The van der Waals surface area contributed by atoms with Crippen molar-refractivity contribution in [2.75, 3.05) is 0 Å². The molecule has 0 fully saturated rings. The Morgan fingerprint density at radius 3 is 1.78 bits per heavy atom. The van der Waals surface area contributed by atoms with Crippen molar-refractivity contribution in [1.29, 1.82) is 0 Å². The Balaban J connectivity index is 3.88. The van der Waals surface area contributed by atoms with Crippen molar-refractivity contribution in [1.82, 2.24) is 0 Å². The van der Waals surface area contributed by atoms with Crippen molar-refractivity contribution in [3.05, 3.63) is 0 Å². The summed E-state index contributed by atoms with van der Waals surface area (Å²) in [7, 11) is 0. The van der Waals surface area contributed by atoms with E-state index in [4.69, 9.17) is 0 Å². The Morgan fingerprint density at radius 2 is 1.78 bits per heavy atom. The van der Waals surface area contributed by atoms with Crippen LogP contribution in [0, 0.1) is 0 Å². The number of halogens is 6. The maximum Gasteiger partial charge on any atom is 0.272 e. The summed E-state index contributed by atoms with van der Waals surface area (Å²) >= 11 is 8.96. The van der Waals surface area contributed by atoms with Crippen LogP contribution >= 0.6 is 43.5 Å². The molecular weight excluding hydrogens is 288 g/mol. The number of hydrogen-bond acceptors (Lipinski definition) is 0. The third-order valence-electron chi connectivity index (χ3n) is 0.534. The molecule has 3 unspecified atom stereocenters. The van der Waals surface area contributed by atoms with Crippen LogP contribution in [0.15, 0.2) is 0 Å². The lowest BCUT2D eigenvalue weighted by molar-refractivity contribution is 0.158. The first-order chi connectivity index (χ1) is 3.85. The summed E-state index contributed by atoms with van der Waals surface area (Å²) in [6, 6.07) is 0. The Hall–Kier alpha value is 1.04. The van der Waals surface area contributed by atoms with Crippen LogP contribution in [0.5, 0.6) is 0 Å². The smallest absolute Gasteiger partial charge is 0.237 e. The van der Waals surface area contributed by atoms with Crippen molar-refractivity contribution < 1.29 is 13.2 Å². The van der Waals surface area contributed by atoms with E-state index in [2.05, 4.69) is 43.5 Å². The molecule has 6 heteroatoms. The second kappa shape index (κ2) is 3.44. The highest BCUT2D eigenvalue weighted by Crippen LogP contribution is 2.35. The van der Waals surface area contributed by atoms with Crippen LogP contribution in [0.25, 0.3) is 0 Å². The van der Waals surface area contributed by atoms with Crippen molar-refractivity contribution in [2.24, 2.45) is 0 Å². The Kier molecular flexibility index (Phi) is 3.83. The van der Waals surface area contributed by atoms with Gasteiger partial charge in [0.25, 0.3) is 4.04 Å². The Bertz CT molecular complexity index is 91.5. The quantitative estimate of drug-likeness (QED) is 0.685. The summed E-state index contributed by atoms with van der Waals surface area (Å²) in [6.07, 6.45) is -2.42. The highest BCUT2D eigenvalue weighted by atomic mass is 79.9. The van der Waals surface area contributed by atoms with Crippen molar-refractivity contribution >= 4 is 43.5 Å². The molecule has 0 aliphatic rings. The van der Waals surface area contributed by atoms with Gasteiger partial charge in [0.15, 0.2) is 11.3 Å². The summed E-state index contributed by atoms with van der Waals surface area (Å²) in [5, 5.41) is -2.10. The molecule has 0 aromatic rings. The normalized spacial score (nSPS) is 24.7. The highest BCUT2D eigenvalue weighted by Gasteiger charge is 2.39. The molecule has 0 nitrogen and oxygen atoms in total. The van der Waals surface area contributed by atoms with Crippen LogP contribution in [0.3, 0.4) is 0 Å². The minimum absolute atomic E-state index is 2.10. The molecule has 0 saturated carbocycles. The van der Waals surface area contributed by atoms with Crippen molar-refractivity contribution in [3.63, 3.8) is 0 Å². The van der Waals surface area contributed by atoms with Crippen LogP contribution < -0.4 is 0 Å². The van der Waals surface area contributed by atoms with Crippen molar-refractivity contribution in [2.45, 2.75) is 15.3 Å². The summed E-state index contributed by atoms with van der Waals surface area (Å²) in [5.41, 5.74) is 0. The zero-order valence-corrected chi connectivity index (χ0v) is 7.85. The monoisotopic (exact) mass is 288 g/mol. The molecule has 0 saturated heterocycles. The van der Waals surface area contributed by atoms with Gasteiger partial charge in [-0.1, -0.05) is 11.6 Å². The van der Waals surface area contributed by atoms with Gasteiger partial charge >= 0.3 is 0 Å². The molecule has 0 radical (unpaired) electrons. The lowest BCUT2D eigenvalue weighted by Gasteiger charge is -2.14. The zero-order valence-electron chi connectivity index (χ0n) is 3.92. The molecule has 0 aliphatic heterocycles. The summed E-state index contributed by atoms with van der Waals surface area (Å²) in [5.74, 6) is 0. The lowest BCUT2D eigenvalue weighted by Crippen LogP contribution is -2.27. The fraction of sp³-hybridized carbons (Fsp3) is 1.00. The molecule has 0 spiro atoms. The molecule has 0 aromatic carbocycles. The molecule has 56 valence electrons. The van der Waals surface area contributed by atoms with E-state index in [9.17, 15) is 13.2 Å². The van der Waals surface area contributed by atoms with E-state index in [1.165, 1.54) is 0 Å². The Labute approximate surface area is 72.0 Å². The van der Waals surface area contributed by atoms with E-state index in [1.54, 1.807) is 0 Å². The van der Waals surface area contributed by atoms with Gasteiger partial charge < -0.3 is 0 Å². The van der Waals surface area contributed by atoms with Crippen LogP contribution in [0.4, 0.5) is 13.2 Å². The molecule has 0 amide bonds. The van der Waals surface area contributed by atoms with Gasteiger partial charge in [-0.25, -0.2) is 13.2 Å². The SMILES string of the molecule is FC(Br)C(F)C(F)(Cl)Br. The third kappa shape index (κ3) is 3.68. The van der Waals surface area contributed by atoms with Crippen molar-refractivity contribution in [3.8, 4) is 0 Å². The van der Waals surface area contributed by atoms with Gasteiger partial charge in [-0.05, 0) is 31.9 Å². The lowest BCUT2D eigenvalue weighted by atomic mass is 10.5. The van der Waals surface area contributed by atoms with Gasteiger partial charge in [-0.3, -0.25) is 0 Å². The van der Waals surface area contributed by atoms with Gasteiger partial charge in [0.2, 0.25) is 0 Å². The van der Waals surface area contributed by atoms with E-state index in [1.807, 2.05) is 0 Å². The second-order valence-corrected chi connectivity index (χ2v) is 4.31. The van der Waals surface area contributed by atoms with E-state index >= 15 is 0 Å². The van der Waals surface area contributed by atoms with E-state index < -0.39 is 15.3 Å². The first kappa shape index (κ1) is 10.0. The second-order valence-electron chi connectivity index (χ2n) is 1.28. The van der Waals surface area contributed by atoms with E-state index in [0.717, 1.165) is 0 Å². The first-order valence-corrected chi connectivity index (χ1v) is 3.93. The van der Waals surface area contributed by atoms with Crippen LogP contribution in [-0.2, 0) is 0 Å². The third-order valence-corrected chi connectivity index (χ3v) is 1.64. The molecule has 0 aromatic heterocycles. The minimum Gasteiger partial charge on any atom is -0.237 e. The summed E-state index contributed by atoms with van der Waals surface area (Å²) in [4.78, 5) is 0. The van der Waals surface area contributed by atoms with Crippen LogP contribution in [0.2, 0.25) is 0 Å². The fourth-order valence-corrected chi connectivity index (χ4v) is 1.36. The predicted molar refractivity (Wildman–Crippen MR) is 37.3 cm³/mol. The number of alkyl halides is 6. The molecule has 9 heavy (non-hydrogen) atoms. The minimum atomic E-state index is -2.82. The first-order valence-electron chi connectivity index (χ1n) is 1.84. The van der Waals surface area contributed by atoms with Gasteiger partial charge in [-0.2, -0.15) is 0 Å². The van der Waals surface area contributed by atoms with Gasteiger partial charge in [-0.15, -0.1) is 0 Å². The average molecular weight is 290 g/mol. The molecule has 0 rings (SSSR count). The zero-order chi connectivity index (χ0) is 7.65. The predicted octanol–water partition coefficient (Wildman–Crippen LogP) is 3.27. The highest BCUT2D eigenvalue weighted by molar-refractivity contribution is 9.10. The molecule has 0 N–H and O–H groups in total. The van der Waals surface area contributed by atoms with Gasteiger partial charge in [0, 0.05) is 0 Å². The molecular formula is C3H2Br2ClF3. The maximum atomic E-state index is 12.1. The number of rotatable bonds is 2. The van der Waals surface area contributed by atoms with Crippen LogP contribution in [0.1, 0.15) is 0 Å². The molecule has 0 heterocycles. The largest absolute Gasteiger partial charge is 0.272 e. The van der Waals surface area contributed by atoms with E-state index in [-0.39, 0.29) is 0 Å². The van der Waals surface area contributed by atoms with Crippen LogP contribution in [-0.4, -0.2) is 15.3 Å². The average Bonchev–Trinajstić information content (AvgIpc) is 1.62.